The van der Waals surface area contributed by atoms with Crippen LogP contribution >= 0.6 is 0 Å². The molecule has 1 atom stereocenters. The van der Waals surface area contributed by atoms with Gasteiger partial charge in [0.25, 0.3) is 0 Å². The number of hydrogen-bond acceptors (Lipinski definition) is 7. The Morgan fingerprint density at radius 1 is 1.14 bits per heavy atom. The summed E-state index contributed by atoms with van der Waals surface area (Å²) in [5.41, 5.74) is 1.71. The first-order valence-electron chi connectivity index (χ1n) is 11.3. The van der Waals surface area contributed by atoms with Crippen LogP contribution in [0.3, 0.4) is 0 Å². The predicted octanol–water partition coefficient (Wildman–Crippen LogP) is 1.91. The maximum Gasteiger partial charge on any atom is 0.419 e. The third-order valence-electron chi connectivity index (χ3n) is 6.32. The largest absolute Gasteiger partial charge is 0.493 e. The van der Waals surface area contributed by atoms with E-state index in [-0.39, 0.29) is 22.9 Å². The molecule has 1 fully saturated rings. The maximum atomic E-state index is 13.2. The van der Waals surface area contributed by atoms with Crippen LogP contribution in [-0.2, 0) is 28.3 Å². The van der Waals surface area contributed by atoms with Crippen LogP contribution in [0.15, 0.2) is 50.5 Å². The van der Waals surface area contributed by atoms with Crippen LogP contribution in [-0.4, -0.2) is 57.1 Å². The maximum absolute atomic E-state index is 13.2. The Bertz CT molecular complexity index is 1390. The molecular weight excluding hydrogens is 474 g/mol. The van der Waals surface area contributed by atoms with E-state index in [2.05, 4.69) is 5.32 Å². The van der Waals surface area contributed by atoms with Crippen LogP contribution in [0.25, 0.3) is 11.1 Å². The number of fused-ring (bicyclic) bond motifs is 1. The zero-order valence-electron chi connectivity index (χ0n) is 19.9. The topological polar surface area (TPSA) is 120 Å². The number of ether oxygens (including phenoxy) is 2. The lowest BCUT2D eigenvalue weighted by Crippen LogP contribution is -2.45. The summed E-state index contributed by atoms with van der Waals surface area (Å²) in [5, 5.41) is 2.93. The number of piperidine rings is 1. The Hall–Kier alpha value is -3.31. The molecule has 1 amide bonds. The molecule has 1 aromatic heterocycles. The number of methoxy groups -OCH3 is 2. The molecule has 11 heteroatoms. The summed E-state index contributed by atoms with van der Waals surface area (Å²) >= 11 is 0. The van der Waals surface area contributed by atoms with Crippen molar-refractivity contribution in [3.8, 4) is 11.5 Å². The van der Waals surface area contributed by atoms with E-state index in [4.69, 9.17) is 13.9 Å². The van der Waals surface area contributed by atoms with Crippen LogP contribution in [0.2, 0.25) is 0 Å². The van der Waals surface area contributed by atoms with E-state index in [0.717, 1.165) is 5.56 Å². The van der Waals surface area contributed by atoms with Gasteiger partial charge in [0.2, 0.25) is 15.9 Å². The molecule has 1 aliphatic heterocycles. The molecule has 0 aliphatic carbocycles. The number of aromatic nitrogens is 1. The summed E-state index contributed by atoms with van der Waals surface area (Å²) in [6.07, 6.45) is 1.79. The van der Waals surface area contributed by atoms with Gasteiger partial charge in [-0.05, 0) is 49.1 Å². The van der Waals surface area contributed by atoms with E-state index in [9.17, 15) is 18.0 Å². The fraction of sp³-hybridized carbons (Fsp3) is 0.417. The number of hydrogen-bond donors (Lipinski definition) is 1. The smallest absolute Gasteiger partial charge is 0.419 e. The summed E-state index contributed by atoms with van der Waals surface area (Å²) in [7, 11) is 0.854. The first-order valence-corrected chi connectivity index (χ1v) is 12.8. The number of carbonyl (C=O) groups excluding carboxylic acids is 1. The van der Waals surface area contributed by atoms with E-state index < -0.39 is 21.7 Å². The van der Waals surface area contributed by atoms with Gasteiger partial charge in [-0.3, -0.25) is 9.36 Å². The van der Waals surface area contributed by atoms with Gasteiger partial charge in [-0.25, -0.2) is 13.2 Å². The lowest BCUT2D eigenvalue weighted by Gasteiger charge is -2.31. The molecular formula is C24H29N3O7S. The average Bonchev–Trinajstić information content (AvgIpc) is 3.16. The highest BCUT2D eigenvalue weighted by molar-refractivity contribution is 7.89. The molecule has 1 saturated heterocycles. The fourth-order valence-corrected chi connectivity index (χ4v) is 5.85. The lowest BCUT2D eigenvalue weighted by atomic mass is 9.99. The van der Waals surface area contributed by atoms with Gasteiger partial charge in [0.15, 0.2) is 17.1 Å². The van der Waals surface area contributed by atoms with Crippen molar-refractivity contribution in [1.82, 2.24) is 14.2 Å². The first-order chi connectivity index (χ1) is 16.7. The van der Waals surface area contributed by atoms with Crippen molar-refractivity contribution in [3.63, 3.8) is 0 Å². The number of oxazole rings is 1. The first kappa shape index (κ1) is 24.8. The highest BCUT2D eigenvalue weighted by Crippen LogP contribution is 2.28. The van der Waals surface area contributed by atoms with Crippen molar-refractivity contribution in [3.05, 3.63) is 52.5 Å². The highest BCUT2D eigenvalue weighted by atomic mass is 32.2. The molecule has 10 nitrogen and oxygen atoms in total. The second-order valence-corrected chi connectivity index (χ2v) is 10.4. The van der Waals surface area contributed by atoms with E-state index in [1.54, 1.807) is 27.3 Å². The SMILES string of the molecule is COc1ccc(CCNC(=O)[C@H]2CCCN(S(=O)(=O)c3ccc4c(c3)oc(=O)n4C)C2)cc1OC. The van der Waals surface area contributed by atoms with E-state index >= 15 is 0 Å². The zero-order valence-corrected chi connectivity index (χ0v) is 20.8. The second-order valence-electron chi connectivity index (χ2n) is 8.49. The molecule has 2 aromatic carbocycles. The van der Waals surface area contributed by atoms with Crippen molar-refractivity contribution in [2.75, 3.05) is 33.9 Å². The summed E-state index contributed by atoms with van der Waals surface area (Å²) < 4.78 is 44.8. The van der Waals surface area contributed by atoms with Gasteiger partial charge in [-0.2, -0.15) is 4.31 Å². The molecule has 0 unspecified atom stereocenters. The Morgan fingerprint density at radius 3 is 2.66 bits per heavy atom. The standard InChI is InChI=1S/C24H29N3O7S/c1-26-19-8-7-18(14-21(19)34-24(26)29)35(30,31)27-12-4-5-17(15-27)23(28)25-11-10-16-6-9-20(32-2)22(13-16)33-3/h6-9,13-14,17H,4-5,10-12,15H2,1-3H3,(H,25,28)/t17-/m0/s1. The van der Waals surface area contributed by atoms with Crippen molar-refractivity contribution < 1.29 is 27.1 Å². The molecule has 0 bridgehead atoms. The molecule has 35 heavy (non-hydrogen) atoms. The summed E-state index contributed by atoms with van der Waals surface area (Å²) in [5.74, 6) is 0.0873. The minimum Gasteiger partial charge on any atom is -0.493 e. The van der Waals surface area contributed by atoms with Crippen molar-refractivity contribution >= 4 is 27.0 Å². The van der Waals surface area contributed by atoms with Gasteiger partial charge in [0.1, 0.15) is 0 Å². The molecule has 3 aromatic rings. The Labute approximate surface area is 203 Å². The summed E-state index contributed by atoms with van der Waals surface area (Å²) in [6.45, 7) is 0.844. The Morgan fingerprint density at radius 2 is 1.91 bits per heavy atom. The quantitative estimate of drug-likeness (QED) is 0.499. The van der Waals surface area contributed by atoms with Gasteiger partial charge in [0.05, 0.1) is 30.5 Å². The Balaban J connectivity index is 1.39. The number of nitrogens with zero attached hydrogens (tertiary/aromatic N) is 2. The van der Waals surface area contributed by atoms with Crippen molar-refractivity contribution in [1.29, 1.82) is 0 Å². The number of rotatable bonds is 8. The van der Waals surface area contributed by atoms with Crippen molar-refractivity contribution in [2.45, 2.75) is 24.2 Å². The molecule has 0 spiro atoms. The summed E-state index contributed by atoms with van der Waals surface area (Å²) in [6, 6.07) is 9.96. The van der Waals surface area contributed by atoms with E-state index in [1.165, 1.54) is 21.0 Å². The van der Waals surface area contributed by atoms with Gasteiger partial charge in [-0.1, -0.05) is 6.07 Å². The van der Waals surface area contributed by atoms with Crippen LogP contribution in [0.5, 0.6) is 11.5 Å². The molecule has 1 N–H and O–H groups in total. The van der Waals surface area contributed by atoms with Crippen LogP contribution in [0.4, 0.5) is 0 Å². The summed E-state index contributed by atoms with van der Waals surface area (Å²) in [4.78, 5) is 24.6. The minimum atomic E-state index is -3.85. The third-order valence-corrected chi connectivity index (χ3v) is 8.18. The number of carbonyl (C=O) groups is 1. The zero-order chi connectivity index (χ0) is 25.2. The average molecular weight is 504 g/mol. The number of aryl methyl sites for hydroxylation is 1. The van der Waals surface area contributed by atoms with Gasteiger partial charge in [0, 0.05) is 32.7 Å². The second kappa shape index (κ2) is 10.1. The molecule has 188 valence electrons. The van der Waals surface area contributed by atoms with Gasteiger partial charge < -0.3 is 19.2 Å². The van der Waals surface area contributed by atoms with Crippen LogP contribution < -0.4 is 20.5 Å². The van der Waals surface area contributed by atoms with Gasteiger partial charge >= 0.3 is 5.76 Å². The molecule has 2 heterocycles. The lowest BCUT2D eigenvalue weighted by molar-refractivity contribution is -0.126. The normalized spacial score (nSPS) is 16.8. The van der Waals surface area contributed by atoms with E-state index in [1.807, 2.05) is 18.2 Å². The molecule has 0 radical (unpaired) electrons. The molecule has 4 rings (SSSR count). The molecule has 0 saturated carbocycles. The van der Waals surface area contributed by atoms with Gasteiger partial charge in [-0.15, -0.1) is 0 Å². The third kappa shape index (κ3) is 5.06. The minimum absolute atomic E-state index is 0.0360. The van der Waals surface area contributed by atoms with Crippen LogP contribution in [0, 0.1) is 5.92 Å². The highest BCUT2D eigenvalue weighted by Gasteiger charge is 2.33. The Kier molecular flexibility index (Phi) is 7.18. The number of amides is 1. The monoisotopic (exact) mass is 503 g/mol. The number of nitrogens with one attached hydrogen (secondary N) is 1. The number of benzene rings is 2. The molecule has 1 aliphatic rings. The van der Waals surface area contributed by atoms with Crippen molar-refractivity contribution in [2.24, 2.45) is 13.0 Å². The number of sulfonamides is 1. The van der Waals surface area contributed by atoms with Crippen LogP contribution in [0.1, 0.15) is 18.4 Å². The predicted molar refractivity (Wildman–Crippen MR) is 129 cm³/mol. The van der Waals surface area contributed by atoms with E-state index in [0.29, 0.717) is 49.4 Å². The fourth-order valence-electron chi connectivity index (χ4n) is 4.31.